The lowest BCUT2D eigenvalue weighted by atomic mass is 9.97. The Labute approximate surface area is 554 Å². The standard InChI is InChI=1S/2C23H28ClN3O3.C17H14Cl2O3.C6H15N3/c2*1-23(2,20(28)6-4-3-5-15-27-22(25)26)30-19-13-9-17(10-14-19)21(29)16-7-11-18(24)12-8-16;1-17(2,16(19)21)22-14-9-5-12(6-10-14)15(20)11-3-7-13(18)8-4-11;7-5-3-1-2-4-6(8)9/h2*7-14H,3-6,15H2,1-2H3,(H4,25,26,27);3-10H,1-2H3;1-5,7H2,(H3,8,9). The molecule has 91 heavy (non-hydrogen) atoms. The van der Waals surface area contributed by atoms with Gasteiger partial charge in [0.05, 0.1) is 5.84 Å². The minimum Gasteiger partial charge on any atom is -0.480 e. The third-order valence-electron chi connectivity index (χ3n) is 13.5. The maximum absolute atomic E-state index is 12.5. The summed E-state index contributed by atoms with van der Waals surface area (Å²) < 4.78 is 17.3. The van der Waals surface area contributed by atoms with Gasteiger partial charge in [-0.25, -0.2) is 0 Å². The highest BCUT2D eigenvalue weighted by atomic mass is 35.5. The molecule has 0 fully saturated rings. The van der Waals surface area contributed by atoms with Crippen LogP contribution in [0, 0.1) is 5.41 Å². The molecule has 18 nitrogen and oxygen atoms in total. The number of ether oxygens (including phenoxy) is 3. The van der Waals surface area contributed by atoms with Gasteiger partial charge < -0.3 is 48.6 Å². The fraction of sp³-hybridized carbons (Fsp3) is 0.348. The summed E-state index contributed by atoms with van der Waals surface area (Å²) in [5, 5.41) is 8.02. The second-order valence-electron chi connectivity index (χ2n) is 22.4. The van der Waals surface area contributed by atoms with E-state index in [1.54, 1.807) is 187 Å². The van der Waals surface area contributed by atoms with Crippen molar-refractivity contribution in [3.8, 4) is 17.2 Å². The maximum atomic E-state index is 12.5. The first-order valence-electron chi connectivity index (χ1n) is 29.6. The van der Waals surface area contributed by atoms with E-state index in [4.69, 9.17) is 100 Å². The molecule has 0 amide bonds. The Kier molecular flexibility index (Phi) is 33.2. The maximum Gasteiger partial charge on any atom is 0.264 e. The highest BCUT2D eigenvalue weighted by Gasteiger charge is 2.31. The molecule has 6 rings (SSSR count). The van der Waals surface area contributed by atoms with Gasteiger partial charge in [-0.3, -0.25) is 44.2 Å². The summed E-state index contributed by atoms with van der Waals surface area (Å²) in [7, 11) is 0. The van der Waals surface area contributed by atoms with Gasteiger partial charge in [0.1, 0.15) is 17.2 Å². The molecule has 0 saturated heterocycles. The fourth-order valence-corrected chi connectivity index (χ4v) is 8.58. The van der Waals surface area contributed by atoms with Crippen molar-refractivity contribution in [1.82, 2.24) is 0 Å². The van der Waals surface area contributed by atoms with Crippen molar-refractivity contribution >= 4 is 98.3 Å². The molecule has 0 heterocycles. The van der Waals surface area contributed by atoms with Crippen molar-refractivity contribution in [1.29, 1.82) is 5.41 Å². The Bertz CT molecular complexity index is 3200. The predicted molar refractivity (Wildman–Crippen MR) is 367 cm³/mol. The van der Waals surface area contributed by atoms with Crippen molar-refractivity contribution in [2.24, 2.45) is 44.4 Å². The minimum absolute atomic E-state index is 0.0191. The number of carbonyl (C=O) groups excluding carboxylic acids is 6. The second kappa shape index (κ2) is 39.2. The van der Waals surface area contributed by atoms with Crippen LogP contribution in [0.2, 0.25) is 15.1 Å². The molecule has 6 aromatic carbocycles. The van der Waals surface area contributed by atoms with E-state index in [-0.39, 0.29) is 46.7 Å². The molecule has 0 unspecified atom stereocenters. The quantitative estimate of drug-likeness (QED) is 0.00678. The van der Waals surface area contributed by atoms with Crippen LogP contribution in [0.1, 0.15) is 166 Å². The number of Topliss-reactive ketones (excluding diaryl/α,β-unsaturated/α-hetero) is 2. The van der Waals surface area contributed by atoms with Crippen molar-refractivity contribution in [3.05, 3.63) is 194 Å². The molecular weight excluding hydrogens is 1240 g/mol. The number of unbranched alkanes of at least 4 members (excludes halogenated alkanes) is 6. The van der Waals surface area contributed by atoms with Gasteiger partial charge in [0.2, 0.25) is 0 Å². The van der Waals surface area contributed by atoms with Gasteiger partial charge >= 0.3 is 0 Å². The van der Waals surface area contributed by atoms with Crippen LogP contribution in [-0.4, -0.2) is 88.4 Å². The summed E-state index contributed by atoms with van der Waals surface area (Å²) in [4.78, 5) is 81.5. The lowest BCUT2D eigenvalue weighted by molar-refractivity contribution is -0.132. The van der Waals surface area contributed by atoms with Gasteiger partial charge in [0, 0.05) is 80.8 Å². The number of guanidine groups is 2. The lowest BCUT2D eigenvalue weighted by Gasteiger charge is -2.25. The topological polar surface area (TPSA) is 335 Å². The second-order valence-corrected chi connectivity index (χ2v) is 24.1. The van der Waals surface area contributed by atoms with E-state index in [1.165, 1.54) is 0 Å². The Hall–Kier alpha value is -8.13. The van der Waals surface area contributed by atoms with E-state index in [1.807, 2.05) is 0 Å². The number of benzene rings is 6. The largest absolute Gasteiger partial charge is 0.480 e. The van der Waals surface area contributed by atoms with Crippen LogP contribution in [-0.2, 0) is 14.4 Å². The van der Waals surface area contributed by atoms with E-state index in [2.05, 4.69) is 9.98 Å². The van der Waals surface area contributed by atoms with E-state index < -0.39 is 22.0 Å². The van der Waals surface area contributed by atoms with Crippen LogP contribution in [0.15, 0.2) is 156 Å². The molecule has 0 spiro atoms. The summed E-state index contributed by atoms with van der Waals surface area (Å²) >= 11 is 23.0. The van der Waals surface area contributed by atoms with Crippen LogP contribution in [0.4, 0.5) is 0 Å². The Morgan fingerprint density at radius 2 is 0.637 bits per heavy atom. The molecule has 22 heteroatoms. The van der Waals surface area contributed by atoms with Gasteiger partial charge in [0.15, 0.2) is 57.6 Å². The number of nitrogens with zero attached hydrogens (tertiary/aromatic N) is 2. The van der Waals surface area contributed by atoms with Crippen molar-refractivity contribution in [2.45, 2.75) is 135 Å². The number of amidine groups is 1. The molecule has 0 radical (unpaired) electrons. The number of hydrogen-bond acceptors (Lipinski definition) is 13. The molecule has 0 aliphatic rings. The fourth-order valence-electron chi connectivity index (χ4n) is 8.17. The van der Waals surface area contributed by atoms with E-state index >= 15 is 0 Å². The van der Waals surface area contributed by atoms with Crippen molar-refractivity contribution in [3.63, 3.8) is 0 Å². The first-order chi connectivity index (χ1) is 42.9. The summed E-state index contributed by atoms with van der Waals surface area (Å²) in [6.45, 7) is 12.0. The molecule has 488 valence electrons. The molecule has 6 aromatic rings. The van der Waals surface area contributed by atoms with Crippen molar-refractivity contribution < 1.29 is 43.0 Å². The number of aliphatic imine (C=N–C) groups is 2. The highest BCUT2D eigenvalue weighted by molar-refractivity contribution is 6.65. The molecule has 0 aromatic heterocycles. The molecule has 0 saturated carbocycles. The summed E-state index contributed by atoms with van der Waals surface area (Å²) in [5.74, 6) is 1.71. The van der Waals surface area contributed by atoms with Crippen LogP contribution in [0.5, 0.6) is 17.2 Å². The molecule has 0 atom stereocenters. The number of rotatable bonds is 32. The zero-order chi connectivity index (χ0) is 67.7. The van der Waals surface area contributed by atoms with Gasteiger partial charge in [-0.15, -0.1) is 0 Å². The van der Waals surface area contributed by atoms with Gasteiger partial charge in [0.25, 0.3) is 5.24 Å². The monoisotopic (exact) mass is 1320 g/mol. The first kappa shape index (κ1) is 77.1. The Morgan fingerprint density at radius 1 is 0.385 bits per heavy atom. The lowest BCUT2D eigenvalue weighted by Crippen LogP contribution is -2.38. The third-order valence-corrected chi connectivity index (χ3v) is 14.7. The number of halogens is 4. The van der Waals surface area contributed by atoms with Crippen molar-refractivity contribution in [2.75, 3.05) is 19.6 Å². The number of nitrogens with one attached hydrogen (secondary N) is 1. The van der Waals surface area contributed by atoms with E-state index in [9.17, 15) is 28.8 Å². The molecule has 0 aliphatic heterocycles. The molecular formula is C69H85Cl4N9O9. The SMILES string of the molecule is CC(C)(Oc1ccc(C(=O)c2ccc(Cl)cc2)cc1)C(=O)CCCCCN=C(N)N.CC(C)(Oc1ccc(C(=O)c2ccc(Cl)cc2)cc1)C(=O)CCCCCN=C(N)N.CC(C)(Oc1ccc(C(=O)c2ccc(Cl)cc2)cc1)C(=O)Cl.N=C(N)CCCCCN. The van der Waals surface area contributed by atoms with Gasteiger partial charge in [-0.1, -0.05) is 54.1 Å². The summed E-state index contributed by atoms with van der Waals surface area (Å²) in [6, 6.07) is 40.3. The molecule has 0 aliphatic carbocycles. The Balaban J connectivity index is 0.000000336. The smallest absolute Gasteiger partial charge is 0.264 e. The zero-order valence-corrected chi connectivity index (χ0v) is 55.5. The molecule has 13 N–H and O–H groups in total. The highest BCUT2D eigenvalue weighted by Crippen LogP contribution is 2.27. The van der Waals surface area contributed by atoms with E-state index in [0.29, 0.717) is 91.6 Å². The predicted octanol–water partition coefficient (Wildman–Crippen LogP) is 13.2. The van der Waals surface area contributed by atoms with Gasteiger partial charge in [-0.2, -0.15) is 0 Å². The average Bonchev–Trinajstić information content (AvgIpc) is 1.01. The number of hydrogen-bond donors (Lipinski definition) is 7. The summed E-state index contributed by atoms with van der Waals surface area (Å²) in [6.07, 6.45) is 9.59. The van der Waals surface area contributed by atoms with Gasteiger partial charge in [-0.05, 0) is 244 Å². The zero-order valence-electron chi connectivity index (χ0n) is 52.5. The van der Waals surface area contributed by atoms with Crippen LogP contribution >= 0.6 is 46.4 Å². The summed E-state index contributed by atoms with van der Waals surface area (Å²) in [5.41, 5.74) is 31.7. The van der Waals surface area contributed by atoms with E-state index in [0.717, 1.165) is 70.8 Å². The third kappa shape index (κ3) is 29.6. The first-order valence-corrected chi connectivity index (χ1v) is 31.1. The molecule has 0 bridgehead atoms. The van der Waals surface area contributed by atoms with Crippen LogP contribution < -0.4 is 48.6 Å². The Morgan fingerprint density at radius 3 is 0.890 bits per heavy atom. The number of carbonyl (C=O) groups is 6. The number of ketones is 5. The van der Waals surface area contributed by atoms with Crippen LogP contribution in [0.3, 0.4) is 0 Å². The number of nitrogens with two attached hydrogens (primary N) is 6. The van der Waals surface area contributed by atoms with Crippen LogP contribution in [0.25, 0.3) is 0 Å². The minimum atomic E-state index is -1.12. The average molecular weight is 1330 g/mol. The normalized spacial score (nSPS) is 10.9.